The number of fused-ring (bicyclic) bond motifs is 1. The standard InChI is InChI=1S/C17H14O2S/c18-17(19)11-14(12-6-2-1-3-7-12)16-10-13-8-4-5-9-15(13)20-16/h1-10,14H,11H2,(H,18,19). The fourth-order valence-corrected chi connectivity index (χ4v) is 3.61. The minimum atomic E-state index is -0.767. The first kappa shape index (κ1) is 12.9. The lowest BCUT2D eigenvalue weighted by molar-refractivity contribution is -0.137. The van der Waals surface area contributed by atoms with Gasteiger partial charge in [-0.3, -0.25) is 4.79 Å². The van der Waals surface area contributed by atoms with Crippen molar-refractivity contribution < 1.29 is 9.90 Å². The second-order valence-electron chi connectivity index (χ2n) is 4.75. The normalized spacial score (nSPS) is 12.4. The van der Waals surface area contributed by atoms with Crippen molar-refractivity contribution in [2.24, 2.45) is 0 Å². The molecule has 0 fully saturated rings. The monoisotopic (exact) mass is 282 g/mol. The van der Waals surface area contributed by atoms with Gasteiger partial charge in [0.15, 0.2) is 0 Å². The second kappa shape index (κ2) is 5.47. The average Bonchev–Trinajstić information content (AvgIpc) is 2.89. The smallest absolute Gasteiger partial charge is 0.304 e. The van der Waals surface area contributed by atoms with Crippen molar-refractivity contribution >= 4 is 27.4 Å². The van der Waals surface area contributed by atoms with E-state index in [2.05, 4.69) is 18.2 Å². The summed E-state index contributed by atoms with van der Waals surface area (Å²) in [4.78, 5) is 12.3. The van der Waals surface area contributed by atoms with Crippen LogP contribution in [0.3, 0.4) is 0 Å². The largest absolute Gasteiger partial charge is 0.481 e. The minimum Gasteiger partial charge on any atom is -0.481 e. The van der Waals surface area contributed by atoms with Gasteiger partial charge in [0, 0.05) is 15.5 Å². The number of thiophene rings is 1. The summed E-state index contributed by atoms with van der Waals surface area (Å²) < 4.78 is 1.20. The predicted molar refractivity (Wildman–Crippen MR) is 82.4 cm³/mol. The maximum Gasteiger partial charge on any atom is 0.304 e. The SMILES string of the molecule is O=C(O)CC(c1ccccc1)c1cc2ccccc2s1. The Hall–Kier alpha value is -2.13. The predicted octanol–water partition coefficient (Wildman–Crippen LogP) is 4.51. The molecule has 100 valence electrons. The van der Waals surface area contributed by atoms with Gasteiger partial charge in [0.1, 0.15) is 0 Å². The van der Waals surface area contributed by atoms with Gasteiger partial charge in [-0.15, -0.1) is 11.3 Å². The summed E-state index contributed by atoms with van der Waals surface area (Å²) in [5, 5.41) is 10.4. The van der Waals surface area contributed by atoms with E-state index < -0.39 is 5.97 Å². The third-order valence-electron chi connectivity index (χ3n) is 3.37. The number of aliphatic carboxylic acids is 1. The van der Waals surface area contributed by atoms with Crippen molar-refractivity contribution in [2.45, 2.75) is 12.3 Å². The van der Waals surface area contributed by atoms with E-state index in [9.17, 15) is 9.90 Å². The van der Waals surface area contributed by atoms with Crippen molar-refractivity contribution in [3.8, 4) is 0 Å². The van der Waals surface area contributed by atoms with Gasteiger partial charge in [-0.05, 0) is 23.1 Å². The third-order valence-corrected chi connectivity index (χ3v) is 4.60. The van der Waals surface area contributed by atoms with Crippen LogP contribution in [0.15, 0.2) is 60.7 Å². The first-order valence-electron chi connectivity index (χ1n) is 6.49. The fraction of sp³-hybridized carbons (Fsp3) is 0.118. The molecule has 0 saturated heterocycles. The van der Waals surface area contributed by atoms with Gasteiger partial charge in [0.2, 0.25) is 0 Å². The number of hydrogen-bond donors (Lipinski definition) is 1. The van der Waals surface area contributed by atoms with Crippen LogP contribution >= 0.6 is 11.3 Å². The molecule has 0 bridgehead atoms. The Balaban J connectivity index is 2.06. The number of carboxylic acid groups (broad SMARTS) is 1. The van der Waals surface area contributed by atoms with Crippen molar-refractivity contribution in [1.82, 2.24) is 0 Å². The van der Waals surface area contributed by atoms with Crippen molar-refractivity contribution in [1.29, 1.82) is 0 Å². The first-order chi connectivity index (χ1) is 9.74. The molecule has 1 heterocycles. The zero-order valence-electron chi connectivity index (χ0n) is 10.8. The number of rotatable bonds is 4. The third kappa shape index (κ3) is 2.58. The van der Waals surface area contributed by atoms with Crippen molar-refractivity contribution in [3.63, 3.8) is 0 Å². The fourth-order valence-electron chi connectivity index (χ4n) is 2.42. The Labute approximate surface area is 121 Å². The van der Waals surface area contributed by atoms with E-state index in [0.717, 1.165) is 10.4 Å². The van der Waals surface area contributed by atoms with Crippen LogP contribution in [0.25, 0.3) is 10.1 Å². The lowest BCUT2D eigenvalue weighted by Crippen LogP contribution is -2.06. The van der Waals surface area contributed by atoms with E-state index in [-0.39, 0.29) is 12.3 Å². The van der Waals surface area contributed by atoms with Crippen LogP contribution in [0.2, 0.25) is 0 Å². The zero-order chi connectivity index (χ0) is 13.9. The average molecular weight is 282 g/mol. The molecular weight excluding hydrogens is 268 g/mol. The van der Waals surface area contributed by atoms with Crippen LogP contribution < -0.4 is 0 Å². The lowest BCUT2D eigenvalue weighted by Gasteiger charge is -2.13. The second-order valence-corrected chi connectivity index (χ2v) is 5.86. The molecule has 20 heavy (non-hydrogen) atoms. The lowest BCUT2D eigenvalue weighted by atomic mass is 9.94. The first-order valence-corrected chi connectivity index (χ1v) is 7.31. The van der Waals surface area contributed by atoms with Crippen LogP contribution in [0.4, 0.5) is 0 Å². The highest BCUT2D eigenvalue weighted by molar-refractivity contribution is 7.19. The Kier molecular flexibility index (Phi) is 3.52. The summed E-state index contributed by atoms with van der Waals surface area (Å²) in [6.07, 6.45) is 0.122. The van der Waals surface area contributed by atoms with E-state index in [1.54, 1.807) is 11.3 Å². The van der Waals surface area contributed by atoms with E-state index in [1.165, 1.54) is 10.1 Å². The molecule has 1 N–H and O–H groups in total. The van der Waals surface area contributed by atoms with E-state index in [4.69, 9.17) is 0 Å². The van der Waals surface area contributed by atoms with Gasteiger partial charge in [0.05, 0.1) is 6.42 Å². The van der Waals surface area contributed by atoms with Gasteiger partial charge < -0.3 is 5.11 Å². The molecule has 1 unspecified atom stereocenters. The number of carboxylic acids is 1. The number of hydrogen-bond acceptors (Lipinski definition) is 2. The Morgan fingerprint density at radius 3 is 2.45 bits per heavy atom. The highest BCUT2D eigenvalue weighted by atomic mass is 32.1. The molecule has 3 heteroatoms. The highest BCUT2D eigenvalue weighted by Gasteiger charge is 2.19. The van der Waals surface area contributed by atoms with Crippen molar-refractivity contribution in [2.75, 3.05) is 0 Å². The Morgan fingerprint density at radius 1 is 1.05 bits per heavy atom. The van der Waals surface area contributed by atoms with Gasteiger partial charge in [-0.2, -0.15) is 0 Å². The number of carbonyl (C=O) groups is 1. The summed E-state index contributed by atoms with van der Waals surface area (Å²) in [5.41, 5.74) is 1.06. The molecule has 1 atom stereocenters. The molecule has 2 nitrogen and oxygen atoms in total. The van der Waals surface area contributed by atoms with Gasteiger partial charge >= 0.3 is 5.97 Å². The summed E-state index contributed by atoms with van der Waals surface area (Å²) >= 11 is 1.68. The molecule has 2 aromatic carbocycles. The Bertz CT molecular complexity index is 698. The van der Waals surface area contributed by atoms with Gasteiger partial charge in [-0.25, -0.2) is 0 Å². The molecule has 3 aromatic rings. The van der Waals surface area contributed by atoms with E-state index in [1.807, 2.05) is 42.5 Å². The number of benzene rings is 2. The maximum atomic E-state index is 11.2. The molecule has 0 spiro atoms. The molecule has 0 amide bonds. The molecule has 0 saturated carbocycles. The van der Waals surface area contributed by atoms with Crippen LogP contribution in [0, 0.1) is 0 Å². The molecule has 0 radical (unpaired) electrons. The van der Waals surface area contributed by atoms with Crippen molar-refractivity contribution in [3.05, 3.63) is 71.1 Å². The molecule has 0 aliphatic heterocycles. The highest BCUT2D eigenvalue weighted by Crippen LogP contribution is 2.36. The van der Waals surface area contributed by atoms with Crippen LogP contribution in [0.5, 0.6) is 0 Å². The quantitative estimate of drug-likeness (QED) is 0.764. The van der Waals surface area contributed by atoms with Crippen LogP contribution in [0.1, 0.15) is 22.8 Å². The van der Waals surface area contributed by atoms with Gasteiger partial charge in [-0.1, -0.05) is 48.5 Å². The van der Waals surface area contributed by atoms with Crippen LogP contribution in [-0.2, 0) is 4.79 Å². The zero-order valence-corrected chi connectivity index (χ0v) is 11.6. The maximum absolute atomic E-state index is 11.2. The molecule has 0 aliphatic rings. The molecule has 3 rings (SSSR count). The minimum absolute atomic E-state index is 0.0777. The molecular formula is C17H14O2S. The van der Waals surface area contributed by atoms with E-state index in [0.29, 0.717) is 0 Å². The van der Waals surface area contributed by atoms with Crippen LogP contribution in [-0.4, -0.2) is 11.1 Å². The molecule has 0 aliphatic carbocycles. The topological polar surface area (TPSA) is 37.3 Å². The van der Waals surface area contributed by atoms with Gasteiger partial charge in [0.25, 0.3) is 0 Å². The van der Waals surface area contributed by atoms with E-state index >= 15 is 0 Å². The summed E-state index contributed by atoms with van der Waals surface area (Å²) in [7, 11) is 0. The Morgan fingerprint density at radius 2 is 1.75 bits per heavy atom. The summed E-state index contributed by atoms with van der Waals surface area (Å²) in [6, 6.07) is 20.1. The summed E-state index contributed by atoms with van der Waals surface area (Å²) in [5.74, 6) is -0.845. The molecule has 1 aromatic heterocycles. The summed E-state index contributed by atoms with van der Waals surface area (Å²) in [6.45, 7) is 0.